The number of fused-ring (bicyclic) bond motifs is 1. The molecule has 0 saturated carbocycles. The van der Waals surface area contributed by atoms with Crippen LogP contribution in [0, 0.1) is 0 Å². The van der Waals surface area contributed by atoms with Crippen LogP contribution in [0.4, 0.5) is 0 Å². The smallest absolute Gasteiger partial charge is 0.253 e. The quantitative estimate of drug-likeness (QED) is 0.919. The number of nitrogens with zero attached hydrogens (tertiary/aromatic N) is 1. The Morgan fingerprint density at radius 3 is 3.14 bits per heavy atom. The third kappa shape index (κ3) is 2.81. The fraction of sp³-hybridized carbons (Fsp3) is 0.471. The average Bonchev–Trinajstić information content (AvgIpc) is 3.01. The third-order valence-corrected chi connectivity index (χ3v) is 4.28. The molecule has 2 aliphatic heterocycles. The number of carbonyl (C=O) groups is 1. The van der Waals surface area contributed by atoms with Gasteiger partial charge in [-0.2, -0.15) is 0 Å². The number of benzene rings is 1. The molecule has 1 atom stereocenters. The van der Waals surface area contributed by atoms with Crippen LogP contribution in [0.25, 0.3) is 6.08 Å². The Balaban J connectivity index is 1.82. The van der Waals surface area contributed by atoms with Crippen LogP contribution in [-0.2, 0) is 4.79 Å². The van der Waals surface area contributed by atoms with Crippen molar-refractivity contribution in [3.63, 3.8) is 0 Å². The second-order valence-electron chi connectivity index (χ2n) is 5.71. The molecule has 1 N–H and O–H groups in total. The summed E-state index contributed by atoms with van der Waals surface area (Å²) in [4.78, 5) is 14.7. The van der Waals surface area contributed by atoms with E-state index >= 15 is 0 Å². The lowest BCUT2D eigenvalue weighted by molar-refractivity contribution is -0.128. The number of hydrogen-bond donors (Lipinski definition) is 1. The zero-order chi connectivity index (χ0) is 15.5. The number of amides is 1. The lowest BCUT2D eigenvalue weighted by atomic mass is 10.1. The molecule has 118 valence electrons. The van der Waals surface area contributed by atoms with E-state index in [0.29, 0.717) is 12.2 Å². The largest absolute Gasteiger partial charge is 0.497 e. The summed E-state index contributed by atoms with van der Waals surface area (Å²) in [6.07, 6.45) is 4.06. The van der Waals surface area contributed by atoms with Crippen molar-refractivity contribution in [2.24, 2.45) is 0 Å². The topological polar surface area (TPSA) is 50.8 Å². The summed E-state index contributed by atoms with van der Waals surface area (Å²) in [5.41, 5.74) is 1.61. The van der Waals surface area contributed by atoms with E-state index < -0.39 is 0 Å². The first kappa shape index (κ1) is 14.9. The molecule has 22 heavy (non-hydrogen) atoms. The first-order valence-corrected chi connectivity index (χ1v) is 7.70. The van der Waals surface area contributed by atoms with Crippen LogP contribution in [-0.4, -0.2) is 50.7 Å². The summed E-state index contributed by atoms with van der Waals surface area (Å²) < 4.78 is 11.0. The van der Waals surface area contributed by atoms with Crippen molar-refractivity contribution in [2.45, 2.75) is 18.9 Å². The highest BCUT2D eigenvalue weighted by Gasteiger charge is 2.31. The van der Waals surface area contributed by atoms with E-state index in [-0.39, 0.29) is 11.9 Å². The molecular weight excluding hydrogens is 280 g/mol. The molecule has 1 aromatic carbocycles. The first-order chi connectivity index (χ1) is 10.7. The minimum absolute atomic E-state index is 0.0891. The Hall–Kier alpha value is -2.01. The normalized spacial score (nSPS) is 20.2. The maximum absolute atomic E-state index is 12.8. The van der Waals surface area contributed by atoms with Gasteiger partial charge in [-0.15, -0.1) is 0 Å². The molecule has 0 unspecified atom stereocenters. The standard InChI is InChI=1S/C17H22N2O3/c1-18-10-14-4-3-7-19(14)17(20)13-8-12-9-15(21-2)5-6-16(12)22-11-13/h5-6,8-9,14,18H,3-4,7,10-11H2,1-2H3/t14-/m0/s1. The molecule has 0 bridgehead atoms. The van der Waals surface area contributed by atoms with Crippen molar-refractivity contribution in [1.29, 1.82) is 0 Å². The van der Waals surface area contributed by atoms with Crippen LogP contribution < -0.4 is 14.8 Å². The van der Waals surface area contributed by atoms with Crippen LogP contribution in [0.15, 0.2) is 23.8 Å². The second kappa shape index (κ2) is 6.40. The first-order valence-electron chi connectivity index (χ1n) is 7.70. The summed E-state index contributed by atoms with van der Waals surface area (Å²) in [7, 11) is 3.56. The van der Waals surface area contributed by atoms with E-state index in [0.717, 1.165) is 43.0 Å². The van der Waals surface area contributed by atoms with Crippen molar-refractivity contribution >= 4 is 12.0 Å². The van der Waals surface area contributed by atoms with Gasteiger partial charge in [0.05, 0.1) is 12.7 Å². The Morgan fingerprint density at radius 2 is 2.36 bits per heavy atom. The SMILES string of the molecule is CNC[C@@H]1CCCN1C(=O)C1=Cc2cc(OC)ccc2OC1. The molecule has 0 spiro atoms. The van der Waals surface area contributed by atoms with Gasteiger partial charge >= 0.3 is 0 Å². The van der Waals surface area contributed by atoms with Crippen LogP contribution >= 0.6 is 0 Å². The van der Waals surface area contributed by atoms with E-state index in [1.807, 2.05) is 36.2 Å². The highest BCUT2D eigenvalue weighted by atomic mass is 16.5. The minimum Gasteiger partial charge on any atom is -0.497 e. The van der Waals surface area contributed by atoms with E-state index in [1.165, 1.54) is 0 Å². The van der Waals surface area contributed by atoms with Gasteiger partial charge in [-0.1, -0.05) is 0 Å². The molecule has 1 amide bonds. The van der Waals surface area contributed by atoms with E-state index in [4.69, 9.17) is 9.47 Å². The molecule has 0 aliphatic carbocycles. The molecule has 5 heteroatoms. The summed E-state index contributed by atoms with van der Waals surface area (Å²) in [5.74, 6) is 1.65. The maximum atomic E-state index is 12.8. The van der Waals surface area contributed by atoms with Gasteiger partial charge in [-0.05, 0) is 44.2 Å². The van der Waals surface area contributed by atoms with Crippen molar-refractivity contribution < 1.29 is 14.3 Å². The fourth-order valence-electron chi connectivity index (χ4n) is 3.14. The Kier molecular flexibility index (Phi) is 4.34. The van der Waals surface area contributed by atoms with Crippen molar-refractivity contribution in [1.82, 2.24) is 10.2 Å². The third-order valence-electron chi connectivity index (χ3n) is 4.28. The van der Waals surface area contributed by atoms with Gasteiger partial charge in [0.25, 0.3) is 5.91 Å². The van der Waals surface area contributed by atoms with Crippen LogP contribution in [0.3, 0.4) is 0 Å². The zero-order valence-electron chi connectivity index (χ0n) is 13.1. The number of carbonyl (C=O) groups excluding carboxylic acids is 1. The minimum atomic E-state index is 0.0891. The van der Waals surface area contributed by atoms with Gasteiger partial charge < -0.3 is 19.7 Å². The lowest BCUT2D eigenvalue weighted by Gasteiger charge is -2.27. The highest BCUT2D eigenvalue weighted by Crippen LogP contribution is 2.31. The van der Waals surface area contributed by atoms with Gasteiger partial charge in [0, 0.05) is 24.7 Å². The van der Waals surface area contributed by atoms with Gasteiger partial charge in [0.15, 0.2) is 0 Å². The number of hydrogen-bond acceptors (Lipinski definition) is 4. The number of likely N-dealkylation sites (N-methyl/N-ethyl adjacent to an activating group) is 1. The number of methoxy groups -OCH3 is 1. The van der Waals surface area contributed by atoms with E-state index in [2.05, 4.69) is 5.32 Å². The number of likely N-dealkylation sites (tertiary alicyclic amines) is 1. The lowest BCUT2D eigenvalue weighted by Crippen LogP contribution is -2.42. The summed E-state index contributed by atoms with van der Waals surface area (Å²) in [6, 6.07) is 5.93. The molecule has 1 aromatic rings. The Morgan fingerprint density at radius 1 is 1.50 bits per heavy atom. The molecule has 1 fully saturated rings. The second-order valence-corrected chi connectivity index (χ2v) is 5.71. The average molecular weight is 302 g/mol. The molecule has 1 saturated heterocycles. The van der Waals surface area contributed by atoms with Gasteiger partial charge in [-0.3, -0.25) is 4.79 Å². The summed E-state index contributed by atoms with van der Waals surface area (Å²) in [5, 5.41) is 3.17. The fourth-order valence-corrected chi connectivity index (χ4v) is 3.14. The highest BCUT2D eigenvalue weighted by molar-refractivity contribution is 5.99. The van der Waals surface area contributed by atoms with Crippen LogP contribution in [0.5, 0.6) is 11.5 Å². The van der Waals surface area contributed by atoms with Crippen molar-refractivity contribution in [2.75, 3.05) is 33.9 Å². The van der Waals surface area contributed by atoms with Crippen LogP contribution in [0.1, 0.15) is 18.4 Å². The number of nitrogens with one attached hydrogen (secondary N) is 1. The predicted octanol–water partition coefficient (Wildman–Crippen LogP) is 1.68. The Labute approximate surface area is 130 Å². The van der Waals surface area contributed by atoms with Gasteiger partial charge in [0.1, 0.15) is 18.1 Å². The zero-order valence-corrected chi connectivity index (χ0v) is 13.1. The molecular formula is C17H22N2O3. The monoisotopic (exact) mass is 302 g/mol. The number of ether oxygens (including phenoxy) is 2. The molecule has 3 rings (SSSR count). The van der Waals surface area contributed by atoms with Gasteiger partial charge in [-0.25, -0.2) is 0 Å². The molecule has 2 aliphatic rings. The molecule has 2 heterocycles. The van der Waals surface area contributed by atoms with Crippen molar-refractivity contribution in [3.05, 3.63) is 29.3 Å². The predicted molar refractivity (Wildman–Crippen MR) is 85.1 cm³/mol. The van der Waals surface area contributed by atoms with E-state index in [9.17, 15) is 4.79 Å². The number of rotatable bonds is 4. The molecule has 0 aromatic heterocycles. The molecule has 0 radical (unpaired) electrons. The van der Waals surface area contributed by atoms with Crippen LogP contribution in [0.2, 0.25) is 0 Å². The molecule has 5 nitrogen and oxygen atoms in total. The summed E-state index contributed by atoms with van der Waals surface area (Å²) >= 11 is 0. The van der Waals surface area contributed by atoms with E-state index in [1.54, 1.807) is 7.11 Å². The Bertz CT molecular complexity index is 598. The summed E-state index contributed by atoms with van der Waals surface area (Å²) in [6.45, 7) is 2.00. The van der Waals surface area contributed by atoms with Crippen molar-refractivity contribution in [3.8, 4) is 11.5 Å². The van der Waals surface area contributed by atoms with Gasteiger partial charge in [0.2, 0.25) is 0 Å². The maximum Gasteiger partial charge on any atom is 0.253 e.